The van der Waals surface area contributed by atoms with Crippen LogP contribution in [0.25, 0.3) is 0 Å². The van der Waals surface area contributed by atoms with Gasteiger partial charge in [0.2, 0.25) is 0 Å². The molecule has 0 bridgehead atoms. The van der Waals surface area contributed by atoms with Crippen LogP contribution in [0.4, 0.5) is 0 Å². The Morgan fingerprint density at radius 1 is 1.47 bits per heavy atom. The molecule has 3 heteroatoms. The molecule has 0 aliphatic carbocycles. The maximum atomic E-state index is 5.74. The number of rotatable bonds is 2. The molecule has 0 saturated heterocycles. The standard InChI is InChI=1S/C12H18N2O/c1-14-8-10-6-12(15-2)4-3-9(10)5-11(14)7-13/h3-4,6,11H,5,7-8,13H2,1-2H3. The predicted molar refractivity (Wildman–Crippen MR) is 61.0 cm³/mol. The summed E-state index contributed by atoms with van der Waals surface area (Å²) in [7, 11) is 3.83. The van der Waals surface area contributed by atoms with Gasteiger partial charge in [-0.1, -0.05) is 6.07 Å². The second-order valence-corrected chi connectivity index (χ2v) is 4.14. The molecule has 1 atom stereocenters. The molecule has 1 unspecified atom stereocenters. The fourth-order valence-corrected chi connectivity index (χ4v) is 2.15. The average molecular weight is 206 g/mol. The summed E-state index contributed by atoms with van der Waals surface area (Å²) in [5, 5.41) is 0. The van der Waals surface area contributed by atoms with Crippen LogP contribution in [-0.4, -0.2) is 31.6 Å². The fourth-order valence-electron chi connectivity index (χ4n) is 2.15. The Balaban J connectivity index is 2.28. The number of methoxy groups -OCH3 is 1. The zero-order chi connectivity index (χ0) is 10.8. The van der Waals surface area contributed by atoms with Gasteiger partial charge in [0.15, 0.2) is 0 Å². The van der Waals surface area contributed by atoms with E-state index in [0.717, 1.165) is 25.3 Å². The van der Waals surface area contributed by atoms with Crippen molar-refractivity contribution in [2.45, 2.75) is 19.0 Å². The van der Waals surface area contributed by atoms with Gasteiger partial charge >= 0.3 is 0 Å². The third-order valence-corrected chi connectivity index (χ3v) is 3.18. The van der Waals surface area contributed by atoms with Gasteiger partial charge in [-0.15, -0.1) is 0 Å². The predicted octanol–water partition coefficient (Wildman–Crippen LogP) is 1.01. The third-order valence-electron chi connectivity index (χ3n) is 3.18. The molecule has 0 spiro atoms. The van der Waals surface area contributed by atoms with Crippen LogP contribution in [0, 0.1) is 0 Å². The molecule has 2 rings (SSSR count). The molecule has 0 amide bonds. The lowest BCUT2D eigenvalue weighted by Gasteiger charge is -2.33. The second-order valence-electron chi connectivity index (χ2n) is 4.14. The number of ether oxygens (including phenoxy) is 1. The number of fused-ring (bicyclic) bond motifs is 1. The maximum Gasteiger partial charge on any atom is 0.119 e. The number of nitrogens with two attached hydrogens (primary N) is 1. The van der Waals surface area contributed by atoms with E-state index in [9.17, 15) is 0 Å². The first kappa shape index (κ1) is 10.5. The molecule has 1 aliphatic heterocycles. The van der Waals surface area contributed by atoms with Crippen LogP contribution in [0.3, 0.4) is 0 Å². The Morgan fingerprint density at radius 2 is 2.27 bits per heavy atom. The molecule has 1 aromatic carbocycles. The molecule has 0 saturated carbocycles. The van der Waals surface area contributed by atoms with Crippen LogP contribution in [0.15, 0.2) is 18.2 Å². The molecule has 0 radical (unpaired) electrons. The lowest BCUT2D eigenvalue weighted by molar-refractivity contribution is 0.220. The van der Waals surface area contributed by atoms with Gasteiger partial charge in [0.05, 0.1) is 7.11 Å². The minimum absolute atomic E-state index is 0.478. The topological polar surface area (TPSA) is 38.5 Å². The number of hydrogen-bond donors (Lipinski definition) is 1. The van der Waals surface area contributed by atoms with E-state index < -0.39 is 0 Å². The average Bonchev–Trinajstić information content (AvgIpc) is 2.27. The van der Waals surface area contributed by atoms with E-state index >= 15 is 0 Å². The summed E-state index contributed by atoms with van der Waals surface area (Å²) in [5.74, 6) is 0.938. The van der Waals surface area contributed by atoms with Crippen molar-refractivity contribution in [3.63, 3.8) is 0 Å². The van der Waals surface area contributed by atoms with Crippen molar-refractivity contribution in [3.05, 3.63) is 29.3 Å². The summed E-state index contributed by atoms with van der Waals surface area (Å²) in [6.07, 6.45) is 1.05. The van der Waals surface area contributed by atoms with Crippen molar-refractivity contribution in [2.75, 3.05) is 20.7 Å². The summed E-state index contributed by atoms with van der Waals surface area (Å²) >= 11 is 0. The maximum absolute atomic E-state index is 5.74. The lowest BCUT2D eigenvalue weighted by Crippen LogP contribution is -2.42. The molecule has 0 aromatic heterocycles. The molecular formula is C12H18N2O. The highest BCUT2D eigenvalue weighted by Crippen LogP contribution is 2.25. The normalized spacial score (nSPS) is 21.1. The Bertz CT molecular complexity index is 351. The van der Waals surface area contributed by atoms with Crippen LogP contribution >= 0.6 is 0 Å². The molecule has 0 fully saturated rings. The summed E-state index contributed by atoms with van der Waals surface area (Å²) in [6, 6.07) is 6.78. The quantitative estimate of drug-likeness (QED) is 0.785. The first-order valence-electron chi connectivity index (χ1n) is 5.30. The van der Waals surface area contributed by atoms with Crippen LogP contribution in [0.5, 0.6) is 5.75 Å². The van der Waals surface area contributed by atoms with Crippen molar-refractivity contribution in [3.8, 4) is 5.75 Å². The van der Waals surface area contributed by atoms with Crippen molar-refractivity contribution in [1.29, 1.82) is 0 Å². The lowest BCUT2D eigenvalue weighted by atomic mass is 9.94. The van der Waals surface area contributed by atoms with Crippen molar-refractivity contribution in [2.24, 2.45) is 5.73 Å². The van der Waals surface area contributed by atoms with Crippen LogP contribution in [0.1, 0.15) is 11.1 Å². The van der Waals surface area contributed by atoms with Gasteiger partial charge in [-0.2, -0.15) is 0 Å². The van der Waals surface area contributed by atoms with E-state index in [1.165, 1.54) is 11.1 Å². The van der Waals surface area contributed by atoms with E-state index in [0.29, 0.717) is 6.04 Å². The Kier molecular flexibility index (Phi) is 2.93. The highest BCUT2D eigenvalue weighted by Gasteiger charge is 2.22. The van der Waals surface area contributed by atoms with Gasteiger partial charge in [-0.3, -0.25) is 4.90 Å². The van der Waals surface area contributed by atoms with Crippen molar-refractivity contribution in [1.82, 2.24) is 4.90 Å². The molecule has 3 nitrogen and oxygen atoms in total. The molecule has 15 heavy (non-hydrogen) atoms. The van der Waals surface area contributed by atoms with E-state index in [2.05, 4.69) is 24.1 Å². The van der Waals surface area contributed by atoms with Gasteiger partial charge in [0, 0.05) is 19.1 Å². The molecule has 1 aliphatic rings. The number of likely N-dealkylation sites (N-methyl/N-ethyl adjacent to an activating group) is 1. The summed E-state index contributed by atoms with van der Waals surface area (Å²) in [4.78, 5) is 2.31. The van der Waals surface area contributed by atoms with Crippen molar-refractivity contribution >= 4 is 0 Å². The minimum atomic E-state index is 0.478. The van der Waals surface area contributed by atoms with Crippen molar-refractivity contribution < 1.29 is 4.74 Å². The Labute approximate surface area is 90.8 Å². The third kappa shape index (κ3) is 1.98. The van der Waals surface area contributed by atoms with Gasteiger partial charge < -0.3 is 10.5 Å². The molecular weight excluding hydrogens is 188 g/mol. The summed E-state index contributed by atoms with van der Waals surface area (Å²) in [6.45, 7) is 1.69. The SMILES string of the molecule is COc1ccc2c(c1)CN(C)C(CN)C2. The smallest absolute Gasteiger partial charge is 0.119 e. The highest BCUT2D eigenvalue weighted by molar-refractivity contribution is 5.37. The van der Waals surface area contributed by atoms with E-state index in [-0.39, 0.29) is 0 Å². The van der Waals surface area contributed by atoms with Gasteiger partial charge in [-0.05, 0) is 36.7 Å². The van der Waals surface area contributed by atoms with E-state index in [1.54, 1.807) is 7.11 Å². The number of benzene rings is 1. The first-order chi connectivity index (χ1) is 7.24. The fraction of sp³-hybridized carbons (Fsp3) is 0.500. The molecule has 82 valence electrons. The Hall–Kier alpha value is -1.06. The minimum Gasteiger partial charge on any atom is -0.497 e. The summed E-state index contributed by atoms with van der Waals surface area (Å²) < 4.78 is 5.23. The molecule has 1 aromatic rings. The van der Waals surface area contributed by atoms with Gasteiger partial charge in [-0.25, -0.2) is 0 Å². The van der Waals surface area contributed by atoms with E-state index in [4.69, 9.17) is 10.5 Å². The largest absolute Gasteiger partial charge is 0.497 e. The monoisotopic (exact) mass is 206 g/mol. The zero-order valence-corrected chi connectivity index (χ0v) is 9.36. The van der Waals surface area contributed by atoms with Gasteiger partial charge in [0.25, 0.3) is 0 Å². The van der Waals surface area contributed by atoms with Gasteiger partial charge in [0.1, 0.15) is 5.75 Å². The second kappa shape index (κ2) is 4.21. The van der Waals surface area contributed by atoms with E-state index in [1.807, 2.05) is 6.07 Å². The van der Waals surface area contributed by atoms with Crippen LogP contribution in [0.2, 0.25) is 0 Å². The first-order valence-corrected chi connectivity index (χ1v) is 5.30. The zero-order valence-electron chi connectivity index (χ0n) is 9.36. The summed E-state index contributed by atoms with van der Waals surface area (Å²) in [5.41, 5.74) is 8.51. The molecule has 2 N–H and O–H groups in total. The number of nitrogens with zero attached hydrogens (tertiary/aromatic N) is 1. The molecule has 1 heterocycles. The Morgan fingerprint density at radius 3 is 2.93 bits per heavy atom. The highest BCUT2D eigenvalue weighted by atomic mass is 16.5. The number of hydrogen-bond acceptors (Lipinski definition) is 3. The van der Waals surface area contributed by atoms with Crippen LogP contribution in [-0.2, 0) is 13.0 Å². The van der Waals surface area contributed by atoms with Crippen LogP contribution < -0.4 is 10.5 Å².